The van der Waals surface area contributed by atoms with Crippen molar-refractivity contribution < 1.29 is 4.42 Å². The number of furan rings is 1. The van der Waals surface area contributed by atoms with Crippen LogP contribution in [0.25, 0.3) is 0 Å². The summed E-state index contributed by atoms with van der Waals surface area (Å²) in [6, 6.07) is 4.37. The maximum atomic E-state index is 5.82. The Bertz CT molecular complexity index is 238. The molecule has 0 spiro atoms. The van der Waals surface area contributed by atoms with E-state index in [1.807, 2.05) is 12.1 Å². The van der Waals surface area contributed by atoms with Crippen LogP contribution in [0.4, 0.5) is 0 Å². The Kier molecular flexibility index (Phi) is 4.17. The quantitative estimate of drug-likeness (QED) is 0.784. The van der Waals surface area contributed by atoms with Crippen molar-refractivity contribution in [1.29, 1.82) is 0 Å². The third-order valence-electron chi connectivity index (χ3n) is 2.59. The van der Waals surface area contributed by atoms with Gasteiger partial charge in [-0.15, -0.1) is 0 Å². The van der Waals surface area contributed by atoms with Crippen LogP contribution in [0.2, 0.25) is 0 Å². The van der Waals surface area contributed by atoms with E-state index in [1.165, 1.54) is 0 Å². The van der Waals surface area contributed by atoms with Gasteiger partial charge in [0.05, 0.1) is 12.8 Å². The predicted molar refractivity (Wildman–Crippen MR) is 57.9 cm³/mol. The van der Waals surface area contributed by atoms with Crippen LogP contribution in [-0.2, 0) is 6.54 Å². The second kappa shape index (κ2) is 5.17. The fraction of sp³-hybridized carbons (Fsp3) is 0.636. The molecule has 0 amide bonds. The van der Waals surface area contributed by atoms with Gasteiger partial charge < -0.3 is 10.2 Å². The van der Waals surface area contributed by atoms with Gasteiger partial charge in [-0.05, 0) is 25.0 Å². The normalized spacial score (nSPS) is 19.2. The summed E-state index contributed by atoms with van der Waals surface area (Å²) in [5.74, 6) is 1.05. The monoisotopic (exact) mass is 196 g/mol. The van der Waals surface area contributed by atoms with Gasteiger partial charge in [-0.25, -0.2) is 0 Å². The zero-order valence-corrected chi connectivity index (χ0v) is 7.78. The molecule has 0 bridgehead atoms. The number of nitrogens with zero attached hydrogens (tertiary/aromatic N) is 1. The smallest absolute Gasteiger partial charge is 0.117 e. The second-order valence-corrected chi connectivity index (χ2v) is 3.69. The van der Waals surface area contributed by atoms with E-state index < -0.39 is 0 Å². The highest BCUT2D eigenvalue weighted by atomic mass is 16.3. The summed E-state index contributed by atoms with van der Waals surface area (Å²) in [6.45, 7) is 3.13. The molecule has 1 aliphatic rings. The van der Waals surface area contributed by atoms with Crippen LogP contribution in [0.3, 0.4) is 0 Å². The molecule has 3 heteroatoms. The highest BCUT2D eigenvalue weighted by molar-refractivity contribution is 4.98. The first kappa shape index (κ1) is 11.3. The van der Waals surface area contributed by atoms with Crippen molar-refractivity contribution >= 4 is 0 Å². The van der Waals surface area contributed by atoms with E-state index in [0.717, 1.165) is 38.2 Å². The molecule has 1 aromatic rings. The van der Waals surface area contributed by atoms with E-state index >= 15 is 0 Å². The van der Waals surface area contributed by atoms with Crippen molar-refractivity contribution in [2.45, 2.75) is 32.9 Å². The van der Waals surface area contributed by atoms with Crippen LogP contribution in [0.5, 0.6) is 0 Å². The average Bonchev–Trinajstić information content (AvgIpc) is 2.62. The number of hydrogen-bond donors (Lipinski definition) is 1. The van der Waals surface area contributed by atoms with Gasteiger partial charge in [-0.1, -0.05) is 7.43 Å². The number of nitrogens with two attached hydrogens (primary N) is 1. The number of hydrogen-bond acceptors (Lipinski definition) is 3. The zero-order chi connectivity index (χ0) is 9.10. The third-order valence-corrected chi connectivity index (χ3v) is 2.59. The van der Waals surface area contributed by atoms with Crippen molar-refractivity contribution in [3.8, 4) is 0 Å². The standard InChI is InChI=1S/C10H16N2O.CH4/c11-9-3-5-12(6-4-9)8-10-2-1-7-13-10;/h1-2,7,9H,3-6,8,11H2;1H4. The molecule has 0 aromatic carbocycles. The van der Waals surface area contributed by atoms with Crippen LogP contribution in [0.15, 0.2) is 22.8 Å². The summed E-state index contributed by atoms with van der Waals surface area (Å²) in [6.07, 6.45) is 3.95. The van der Waals surface area contributed by atoms with Gasteiger partial charge >= 0.3 is 0 Å². The molecule has 2 heterocycles. The Labute approximate surface area is 85.9 Å². The summed E-state index contributed by atoms with van der Waals surface area (Å²) in [5.41, 5.74) is 5.82. The first-order valence-electron chi connectivity index (χ1n) is 4.85. The van der Waals surface area contributed by atoms with E-state index in [-0.39, 0.29) is 7.43 Å². The summed E-state index contributed by atoms with van der Waals surface area (Å²) in [5, 5.41) is 0. The Morgan fingerprint density at radius 3 is 2.71 bits per heavy atom. The lowest BCUT2D eigenvalue weighted by atomic mass is 10.1. The number of piperidine rings is 1. The lowest BCUT2D eigenvalue weighted by Gasteiger charge is -2.29. The van der Waals surface area contributed by atoms with Crippen molar-refractivity contribution in [2.75, 3.05) is 13.1 Å². The maximum Gasteiger partial charge on any atom is 0.117 e. The highest BCUT2D eigenvalue weighted by Crippen LogP contribution is 2.12. The summed E-state index contributed by atoms with van der Waals surface area (Å²) >= 11 is 0. The first-order valence-corrected chi connectivity index (χ1v) is 4.85. The minimum Gasteiger partial charge on any atom is -0.468 e. The molecule has 2 rings (SSSR count). The lowest BCUT2D eigenvalue weighted by Crippen LogP contribution is -2.39. The second-order valence-electron chi connectivity index (χ2n) is 3.69. The average molecular weight is 196 g/mol. The largest absolute Gasteiger partial charge is 0.468 e. The van der Waals surface area contributed by atoms with Crippen molar-refractivity contribution in [2.24, 2.45) is 5.73 Å². The van der Waals surface area contributed by atoms with E-state index in [9.17, 15) is 0 Å². The summed E-state index contributed by atoms with van der Waals surface area (Å²) in [4.78, 5) is 2.39. The molecule has 0 saturated carbocycles. The molecule has 2 N–H and O–H groups in total. The maximum absolute atomic E-state index is 5.82. The van der Waals surface area contributed by atoms with Gasteiger partial charge in [0, 0.05) is 19.1 Å². The predicted octanol–water partition coefficient (Wildman–Crippen LogP) is 1.84. The van der Waals surface area contributed by atoms with E-state index in [0.29, 0.717) is 6.04 Å². The van der Waals surface area contributed by atoms with Gasteiger partial charge in [0.15, 0.2) is 0 Å². The van der Waals surface area contributed by atoms with Crippen LogP contribution >= 0.6 is 0 Å². The minimum atomic E-state index is 0. The first-order chi connectivity index (χ1) is 6.34. The molecule has 1 fully saturated rings. The molecule has 0 atom stereocenters. The SMILES string of the molecule is C.NC1CCN(Cc2ccco2)CC1. The Balaban J connectivity index is 0.000000980. The van der Waals surface area contributed by atoms with Crippen molar-refractivity contribution in [3.05, 3.63) is 24.2 Å². The molecule has 14 heavy (non-hydrogen) atoms. The molecule has 3 nitrogen and oxygen atoms in total. The highest BCUT2D eigenvalue weighted by Gasteiger charge is 2.16. The van der Waals surface area contributed by atoms with Gasteiger partial charge in [0.1, 0.15) is 5.76 Å². The van der Waals surface area contributed by atoms with E-state index in [1.54, 1.807) is 6.26 Å². The molecule has 1 saturated heterocycles. The molecule has 80 valence electrons. The van der Waals surface area contributed by atoms with Gasteiger partial charge in [0.25, 0.3) is 0 Å². The lowest BCUT2D eigenvalue weighted by molar-refractivity contribution is 0.192. The van der Waals surface area contributed by atoms with Crippen LogP contribution < -0.4 is 5.73 Å². The van der Waals surface area contributed by atoms with Gasteiger partial charge in [0.2, 0.25) is 0 Å². The summed E-state index contributed by atoms with van der Waals surface area (Å²) < 4.78 is 5.29. The molecule has 0 aliphatic carbocycles. The topological polar surface area (TPSA) is 42.4 Å². The van der Waals surface area contributed by atoms with Crippen LogP contribution in [0, 0.1) is 0 Å². The molecular formula is C11H20N2O. The Morgan fingerprint density at radius 1 is 1.43 bits per heavy atom. The fourth-order valence-corrected chi connectivity index (χ4v) is 1.73. The number of likely N-dealkylation sites (tertiary alicyclic amines) is 1. The molecular weight excluding hydrogens is 176 g/mol. The Hall–Kier alpha value is -0.800. The fourth-order valence-electron chi connectivity index (χ4n) is 1.73. The number of rotatable bonds is 2. The summed E-state index contributed by atoms with van der Waals surface area (Å²) in [7, 11) is 0. The molecule has 0 radical (unpaired) electrons. The molecule has 1 aliphatic heterocycles. The van der Waals surface area contributed by atoms with E-state index in [4.69, 9.17) is 10.2 Å². The van der Waals surface area contributed by atoms with Crippen LogP contribution in [-0.4, -0.2) is 24.0 Å². The van der Waals surface area contributed by atoms with Crippen LogP contribution in [0.1, 0.15) is 26.0 Å². The minimum absolute atomic E-state index is 0. The van der Waals surface area contributed by atoms with Crippen molar-refractivity contribution in [3.63, 3.8) is 0 Å². The van der Waals surface area contributed by atoms with E-state index in [2.05, 4.69) is 4.90 Å². The molecule has 1 aromatic heterocycles. The van der Waals surface area contributed by atoms with Gasteiger partial charge in [-0.3, -0.25) is 4.90 Å². The zero-order valence-electron chi connectivity index (χ0n) is 7.78. The third kappa shape index (κ3) is 2.86. The molecule has 0 unspecified atom stereocenters. The Morgan fingerprint density at radius 2 is 2.14 bits per heavy atom. The van der Waals surface area contributed by atoms with Gasteiger partial charge in [-0.2, -0.15) is 0 Å². The van der Waals surface area contributed by atoms with Crippen molar-refractivity contribution in [1.82, 2.24) is 4.90 Å².